The van der Waals surface area contributed by atoms with Gasteiger partial charge in [0.2, 0.25) is 0 Å². The molecule has 162 valence electrons. The minimum atomic E-state index is -4.02. The Bertz CT molecular complexity index is 1280. The van der Waals surface area contributed by atoms with Crippen LogP contribution in [-0.2, 0) is 19.6 Å². The van der Waals surface area contributed by atoms with Gasteiger partial charge < -0.3 is 4.74 Å². The van der Waals surface area contributed by atoms with Crippen LogP contribution in [0, 0.1) is 18.8 Å². The van der Waals surface area contributed by atoms with Crippen LogP contribution in [0.15, 0.2) is 95.9 Å². The first-order chi connectivity index (χ1) is 15.3. The molecule has 0 aliphatic heterocycles. The lowest BCUT2D eigenvalue weighted by Crippen LogP contribution is -2.35. The second kappa shape index (κ2) is 9.99. The molecule has 0 saturated heterocycles. The first-order valence-electron chi connectivity index (χ1n) is 9.84. The maximum atomic E-state index is 13.6. The van der Waals surface area contributed by atoms with E-state index in [4.69, 9.17) is 4.74 Å². The molecule has 0 N–H and O–H groups in total. The van der Waals surface area contributed by atoms with E-state index in [-0.39, 0.29) is 17.0 Å². The summed E-state index contributed by atoms with van der Waals surface area (Å²) in [5, 5.41) is 0. The molecular weight excluding hydrogens is 422 g/mol. The molecule has 6 heteroatoms. The molecule has 0 aliphatic rings. The number of hydrogen-bond donors (Lipinski definition) is 0. The van der Waals surface area contributed by atoms with Crippen LogP contribution in [0.3, 0.4) is 0 Å². The predicted molar refractivity (Wildman–Crippen MR) is 126 cm³/mol. The minimum absolute atomic E-state index is 0.00834. The first kappa shape index (κ1) is 22.9. The molecule has 0 bridgehead atoms. The van der Waals surface area contributed by atoms with Crippen molar-refractivity contribution in [1.82, 2.24) is 0 Å². The molecule has 3 aromatic rings. The van der Waals surface area contributed by atoms with Gasteiger partial charge in [0.15, 0.2) is 0 Å². The summed E-state index contributed by atoms with van der Waals surface area (Å²) in [5.74, 6) is 5.44. The number of rotatable bonds is 6. The molecule has 0 saturated carbocycles. The van der Waals surface area contributed by atoms with E-state index in [0.29, 0.717) is 11.3 Å². The van der Waals surface area contributed by atoms with Gasteiger partial charge in [-0.25, -0.2) is 13.2 Å². The molecule has 5 nitrogen and oxygen atoms in total. The number of benzene rings is 3. The second-order valence-corrected chi connectivity index (χ2v) is 8.92. The number of hydrogen-bond acceptors (Lipinski definition) is 4. The third kappa shape index (κ3) is 5.26. The summed E-state index contributed by atoms with van der Waals surface area (Å²) in [5.41, 5.74) is 2.60. The fourth-order valence-corrected chi connectivity index (χ4v) is 4.46. The molecule has 3 rings (SSSR count). The fraction of sp³-hybridized carbons (Fsp3) is 0.115. The number of aryl methyl sites for hydroxylation is 1. The fourth-order valence-electron chi connectivity index (χ4n) is 2.98. The van der Waals surface area contributed by atoms with E-state index >= 15 is 0 Å². The summed E-state index contributed by atoms with van der Waals surface area (Å²) in [7, 11) is -2.79. The van der Waals surface area contributed by atoms with Crippen LogP contribution in [0.4, 0.5) is 5.69 Å². The number of esters is 1. The lowest BCUT2D eigenvalue weighted by atomic mass is 10.1. The maximum absolute atomic E-state index is 13.6. The zero-order valence-electron chi connectivity index (χ0n) is 17.9. The molecule has 0 aliphatic carbocycles. The smallest absolute Gasteiger partial charge is 0.334 e. The molecule has 0 heterocycles. The van der Waals surface area contributed by atoms with E-state index in [2.05, 4.69) is 18.4 Å². The van der Waals surface area contributed by atoms with Crippen LogP contribution in [0.25, 0.3) is 0 Å². The summed E-state index contributed by atoms with van der Waals surface area (Å²) in [4.78, 5) is 12.1. The Labute approximate surface area is 189 Å². The van der Waals surface area contributed by atoms with Crippen LogP contribution in [0.5, 0.6) is 0 Å². The number of carbonyl (C=O) groups excluding carboxylic acids is 1. The zero-order valence-corrected chi connectivity index (χ0v) is 18.7. The van der Waals surface area contributed by atoms with Crippen LogP contribution in [-0.4, -0.2) is 28.0 Å². The summed E-state index contributed by atoms with van der Waals surface area (Å²) >= 11 is 0. The van der Waals surface area contributed by atoms with Crippen molar-refractivity contribution in [2.24, 2.45) is 0 Å². The number of ether oxygens (including phenoxy) is 1. The van der Waals surface area contributed by atoms with Gasteiger partial charge in [0.25, 0.3) is 10.0 Å². The third-order valence-corrected chi connectivity index (χ3v) is 6.48. The number of sulfonamides is 1. The van der Waals surface area contributed by atoms with Crippen LogP contribution >= 0.6 is 0 Å². The molecule has 0 amide bonds. The predicted octanol–water partition coefficient (Wildman–Crippen LogP) is 4.32. The van der Waals surface area contributed by atoms with Gasteiger partial charge in [0, 0.05) is 11.1 Å². The van der Waals surface area contributed by atoms with Crippen LogP contribution in [0.1, 0.15) is 16.7 Å². The van der Waals surface area contributed by atoms with Gasteiger partial charge in [-0.2, -0.15) is 0 Å². The topological polar surface area (TPSA) is 63.7 Å². The molecule has 0 fully saturated rings. The number of anilines is 1. The summed E-state index contributed by atoms with van der Waals surface area (Å²) in [6, 6.07) is 22.8. The molecule has 0 spiro atoms. The van der Waals surface area contributed by atoms with Gasteiger partial charge in [-0.1, -0.05) is 66.4 Å². The summed E-state index contributed by atoms with van der Waals surface area (Å²) < 4.78 is 33.1. The number of para-hydroxylation sites is 1. The summed E-state index contributed by atoms with van der Waals surface area (Å²) in [6.45, 7) is 5.32. The van der Waals surface area contributed by atoms with Gasteiger partial charge in [-0.3, -0.25) is 4.31 Å². The van der Waals surface area contributed by atoms with Crippen molar-refractivity contribution in [3.8, 4) is 11.8 Å². The van der Waals surface area contributed by atoms with Gasteiger partial charge in [0.1, 0.15) is 0 Å². The normalized spacial score (nSPS) is 10.6. The Kier molecular flexibility index (Phi) is 7.14. The highest BCUT2D eigenvalue weighted by molar-refractivity contribution is 7.92. The van der Waals surface area contributed by atoms with Crippen LogP contribution < -0.4 is 4.31 Å². The third-order valence-electron chi connectivity index (χ3n) is 4.71. The summed E-state index contributed by atoms with van der Waals surface area (Å²) in [6.07, 6.45) is 0. The van der Waals surface area contributed by atoms with Gasteiger partial charge >= 0.3 is 5.97 Å². The van der Waals surface area contributed by atoms with E-state index in [1.807, 2.05) is 37.3 Å². The molecule has 32 heavy (non-hydrogen) atoms. The average molecular weight is 446 g/mol. The highest BCUT2D eigenvalue weighted by atomic mass is 32.2. The van der Waals surface area contributed by atoms with Crippen molar-refractivity contribution in [1.29, 1.82) is 0 Å². The molecule has 3 aromatic carbocycles. The Morgan fingerprint density at radius 2 is 1.56 bits per heavy atom. The standard InChI is InChI=1S/C26H23NO4S/c1-20-13-17-24(18-14-20)32(29,30)27(19-21(2)26(28)31-3)25-12-8-7-11-23(25)16-15-22-9-5-4-6-10-22/h4-14,17-18H,2,19H2,1,3H3. The Morgan fingerprint density at radius 3 is 2.22 bits per heavy atom. The van der Waals surface area contributed by atoms with Crippen molar-refractivity contribution < 1.29 is 17.9 Å². The molecule has 0 radical (unpaired) electrons. The van der Waals surface area contributed by atoms with Gasteiger partial charge in [-0.15, -0.1) is 0 Å². The average Bonchev–Trinajstić information content (AvgIpc) is 2.81. The largest absolute Gasteiger partial charge is 0.466 e. The monoisotopic (exact) mass is 445 g/mol. The van der Waals surface area contributed by atoms with E-state index in [9.17, 15) is 13.2 Å². The molecule has 0 unspecified atom stereocenters. The number of methoxy groups -OCH3 is 1. The lowest BCUT2D eigenvalue weighted by molar-refractivity contribution is -0.136. The number of carbonyl (C=O) groups is 1. The van der Waals surface area contributed by atoms with Crippen molar-refractivity contribution >= 4 is 21.7 Å². The lowest BCUT2D eigenvalue weighted by Gasteiger charge is -2.26. The van der Waals surface area contributed by atoms with Crippen molar-refractivity contribution in [2.45, 2.75) is 11.8 Å². The Hall–Kier alpha value is -3.82. The van der Waals surface area contributed by atoms with E-state index in [1.165, 1.54) is 19.2 Å². The van der Waals surface area contributed by atoms with Crippen LogP contribution in [0.2, 0.25) is 0 Å². The van der Waals surface area contributed by atoms with E-state index in [1.54, 1.807) is 36.4 Å². The highest BCUT2D eigenvalue weighted by Crippen LogP contribution is 2.28. The molecule has 0 atom stereocenters. The SMILES string of the molecule is C=C(CN(c1ccccc1C#Cc1ccccc1)S(=O)(=O)c1ccc(C)cc1)C(=O)OC. The second-order valence-electron chi connectivity index (χ2n) is 7.05. The zero-order chi connectivity index (χ0) is 23.1. The molecule has 0 aromatic heterocycles. The van der Waals surface area contributed by atoms with E-state index < -0.39 is 16.0 Å². The van der Waals surface area contributed by atoms with Crippen molar-refractivity contribution in [3.63, 3.8) is 0 Å². The number of nitrogens with zero attached hydrogens (tertiary/aromatic N) is 1. The quantitative estimate of drug-likeness (QED) is 0.322. The minimum Gasteiger partial charge on any atom is -0.466 e. The highest BCUT2D eigenvalue weighted by Gasteiger charge is 2.28. The van der Waals surface area contributed by atoms with Gasteiger partial charge in [0.05, 0.1) is 29.8 Å². The van der Waals surface area contributed by atoms with Gasteiger partial charge in [-0.05, 0) is 43.3 Å². The molecular formula is C26H23NO4S. The Morgan fingerprint density at radius 1 is 0.938 bits per heavy atom. The maximum Gasteiger partial charge on any atom is 0.334 e. The van der Waals surface area contributed by atoms with Crippen molar-refractivity contribution in [2.75, 3.05) is 18.0 Å². The Balaban J connectivity index is 2.12. The van der Waals surface area contributed by atoms with E-state index in [0.717, 1.165) is 15.4 Å². The van der Waals surface area contributed by atoms with Crippen molar-refractivity contribution in [3.05, 3.63) is 108 Å². The first-order valence-corrected chi connectivity index (χ1v) is 11.3.